The largest absolute Gasteiger partial charge is 0.448 e. The molecule has 0 aliphatic carbocycles. The van der Waals surface area contributed by atoms with E-state index in [1.54, 1.807) is 4.68 Å². The number of aromatic nitrogens is 4. The maximum atomic E-state index is 5.61. The lowest BCUT2D eigenvalue weighted by molar-refractivity contribution is 0.521. The highest BCUT2D eigenvalue weighted by Crippen LogP contribution is 2.06. The summed E-state index contributed by atoms with van der Waals surface area (Å²) in [6.07, 6.45) is 4.04. The molecule has 0 radical (unpaired) electrons. The number of nitrogens with zero attached hydrogens (tertiary/aromatic N) is 4. The Hall–Kier alpha value is -1.36. The minimum Gasteiger partial charge on any atom is -0.448 e. The number of oxazole rings is 1. The van der Waals surface area contributed by atoms with Gasteiger partial charge in [0.15, 0.2) is 6.39 Å². The number of rotatable bonds is 4. The van der Waals surface area contributed by atoms with Gasteiger partial charge in [-0.25, -0.2) is 9.67 Å². The van der Waals surface area contributed by atoms with Crippen molar-refractivity contribution in [3.8, 4) is 0 Å². The molecule has 0 saturated heterocycles. The highest BCUT2D eigenvalue weighted by atomic mass is 35.5. The molecule has 0 saturated carbocycles. The second-order valence-corrected chi connectivity index (χ2v) is 3.58. The molecule has 0 unspecified atom stereocenters. The molecule has 0 aliphatic rings. The predicted molar refractivity (Wildman–Crippen MR) is 54.8 cm³/mol. The summed E-state index contributed by atoms with van der Waals surface area (Å²) in [6.45, 7) is 2.45. The first-order chi connectivity index (χ1) is 7.29. The van der Waals surface area contributed by atoms with Crippen LogP contribution in [-0.2, 0) is 13.0 Å². The normalized spacial score (nSPS) is 10.8. The van der Waals surface area contributed by atoms with Crippen molar-refractivity contribution in [1.82, 2.24) is 20.0 Å². The summed E-state index contributed by atoms with van der Waals surface area (Å²) in [7, 11) is 0. The Bertz CT molecular complexity index is 437. The van der Waals surface area contributed by atoms with Crippen LogP contribution in [0.15, 0.2) is 17.0 Å². The third kappa shape index (κ3) is 2.36. The summed E-state index contributed by atoms with van der Waals surface area (Å²) in [5, 5.41) is 7.96. The second kappa shape index (κ2) is 4.44. The minimum atomic E-state index is 0.557. The Morgan fingerprint density at radius 3 is 3.07 bits per heavy atom. The zero-order chi connectivity index (χ0) is 10.7. The third-order valence-corrected chi connectivity index (χ3v) is 2.28. The average molecular weight is 227 g/mol. The minimum absolute atomic E-state index is 0.557. The van der Waals surface area contributed by atoms with Crippen LogP contribution in [-0.4, -0.2) is 25.9 Å². The Kier molecular flexibility index (Phi) is 3.01. The summed E-state index contributed by atoms with van der Waals surface area (Å²) in [5.41, 5.74) is 1.77. The van der Waals surface area contributed by atoms with E-state index in [9.17, 15) is 0 Å². The molecule has 5 nitrogen and oxygen atoms in total. The lowest BCUT2D eigenvalue weighted by atomic mass is 10.3. The van der Waals surface area contributed by atoms with Crippen LogP contribution >= 0.6 is 11.6 Å². The van der Waals surface area contributed by atoms with Crippen molar-refractivity contribution >= 4 is 11.6 Å². The summed E-state index contributed by atoms with van der Waals surface area (Å²) >= 11 is 5.61. The van der Waals surface area contributed by atoms with Crippen LogP contribution in [0.25, 0.3) is 0 Å². The first kappa shape index (κ1) is 10.2. The Morgan fingerprint density at radius 2 is 2.40 bits per heavy atom. The van der Waals surface area contributed by atoms with Crippen molar-refractivity contribution in [1.29, 1.82) is 0 Å². The van der Waals surface area contributed by atoms with E-state index in [0.29, 0.717) is 12.4 Å². The van der Waals surface area contributed by atoms with Gasteiger partial charge in [0.1, 0.15) is 11.5 Å². The van der Waals surface area contributed by atoms with Gasteiger partial charge in [0, 0.05) is 18.5 Å². The fourth-order valence-electron chi connectivity index (χ4n) is 1.26. The Labute approximate surface area is 92.1 Å². The summed E-state index contributed by atoms with van der Waals surface area (Å²) in [4.78, 5) is 4.08. The van der Waals surface area contributed by atoms with Crippen molar-refractivity contribution < 1.29 is 4.42 Å². The quantitative estimate of drug-likeness (QED) is 0.740. The van der Waals surface area contributed by atoms with Crippen molar-refractivity contribution in [3.05, 3.63) is 29.7 Å². The predicted octanol–water partition coefficient (Wildman–Crippen LogP) is 1.40. The fourth-order valence-corrected chi connectivity index (χ4v) is 1.45. The van der Waals surface area contributed by atoms with E-state index >= 15 is 0 Å². The third-order valence-electron chi connectivity index (χ3n) is 2.09. The van der Waals surface area contributed by atoms with Crippen molar-refractivity contribution in [2.75, 3.05) is 5.88 Å². The number of aryl methyl sites for hydroxylation is 2. The van der Waals surface area contributed by atoms with Gasteiger partial charge in [-0.15, -0.1) is 16.7 Å². The van der Waals surface area contributed by atoms with Gasteiger partial charge in [-0.1, -0.05) is 5.21 Å². The molecule has 0 bridgehead atoms. The van der Waals surface area contributed by atoms with Gasteiger partial charge in [-0.05, 0) is 6.92 Å². The lowest BCUT2D eigenvalue weighted by Gasteiger charge is -1.95. The zero-order valence-corrected chi connectivity index (χ0v) is 9.11. The molecule has 6 heteroatoms. The molecule has 0 fully saturated rings. The number of hydrogen-bond acceptors (Lipinski definition) is 4. The van der Waals surface area contributed by atoms with Crippen molar-refractivity contribution in [2.24, 2.45) is 0 Å². The molecule has 2 heterocycles. The van der Waals surface area contributed by atoms with Crippen molar-refractivity contribution in [3.63, 3.8) is 0 Å². The maximum Gasteiger partial charge on any atom is 0.181 e. The molecule has 0 aromatic carbocycles. The molecule has 0 N–H and O–H groups in total. The number of alkyl halides is 1. The summed E-state index contributed by atoms with van der Waals surface area (Å²) < 4.78 is 6.83. The summed E-state index contributed by atoms with van der Waals surface area (Å²) in [6, 6.07) is 0. The van der Waals surface area contributed by atoms with Crippen LogP contribution in [0.2, 0.25) is 0 Å². The molecule has 2 aromatic rings. The second-order valence-electron chi connectivity index (χ2n) is 3.20. The molecule has 0 atom stereocenters. The van der Waals surface area contributed by atoms with Crippen LogP contribution in [0.4, 0.5) is 0 Å². The molecule has 0 spiro atoms. The molecular formula is C9H11ClN4O. The monoisotopic (exact) mass is 226 g/mol. The van der Waals surface area contributed by atoms with Crippen LogP contribution in [0.3, 0.4) is 0 Å². The van der Waals surface area contributed by atoms with E-state index in [-0.39, 0.29) is 0 Å². The van der Waals surface area contributed by atoms with E-state index in [0.717, 1.165) is 23.6 Å². The zero-order valence-electron chi connectivity index (χ0n) is 8.35. The van der Waals surface area contributed by atoms with E-state index in [4.69, 9.17) is 16.0 Å². The van der Waals surface area contributed by atoms with Gasteiger partial charge in [-0.2, -0.15) is 0 Å². The number of hydrogen-bond donors (Lipinski definition) is 0. The van der Waals surface area contributed by atoms with Crippen LogP contribution in [0.5, 0.6) is 0 Å². The summed E-state index contributed by atoms with van der Waals surface area (Å²) in [5.74, 6) is 1.37. The van der Waals surface area contributed by atoms with Crippen LogP contribution in [0.1, 0.15) is 17.1 Å². The van der Waals surface area contributed by atoms with Crippen molar-refractivity contribution in [2.45, 2.75) is 19.9 Å². The molecule has 15 heavy (non-hydrogen) atoms. The Morgan fingerprint density at radius 1 is 1.53 bits per heavy atom. The van der Waals surface area contributed by atoms with E-state index in [1.165, 1.54) is 6.39 Å². The molecule has 2 rings (SSSR count). The molecule has 2 aromatic heterocycles. The van der Waals surface area contributed by atoms with E-state index < -0.39 is 0 Å². The van der Waals surface area contributed by atoms with Gasteiger partial charge in [-0.3, -0.25) is 0 Å². The first-order valence-corrected chi connectivity index (χ1v) is 5.17. The van der Waals surface area contributed by atoms with E-state index in [1.807, 2.05) is 13.1 Å². The van der Waals surface area contributed by atoms with Crippen LogP contribution < -0.4 is 0 Å². The molecule has 0 aliphatic heterocycles. The fraction of sp³-hybridized carbons (Fsp3) is 0.444. The van der Waals surface area contributed by atoms with Gasteiger partial charge in [0.25, 0.3) is 0 Å². The van der Waals surface area contributed by atoms with Crippen LogP contribution in [0, 0.1) is 6.92 Å². The van der Waals surface area contributed by atoms with Gasteiger partial charge < -0.3 is 4.42 Å². The van der Waals surface area contributed by atoms with Gasteiger partial charge >= 0.3 is 0 Å². The first-order valence-electron chi connectivity index (χ1n) is 4.63. The smallest absolute Gasteiger partial charge is 0.181 e. The maximum absolute atomic E-state index is 5.61. The standard InChI is InChI=1S/C9H11ClN4O/c1-7-9(11-6-15-7)5-14-4-8(2-3-10)12-13-14/h4,6H,2-3,5H2,1H3. The highest BCUT2D eigenvalue weighted by molar-refractivity contribution is 6.17. The van der Waals surface area contributed by atoms with Gasteiger partial charge in [0.05, 0.1) is 12.2 Å². The molecular weight excluding hydrogens is 216 g/mol. The lowest BCUT2D eigenvalue weighted by Crippen LogP contribution is -2.01. The number of halogens is 1. The Balaban J connectivity index is 2.08. The topological polar surface area (TPSA) is 56.7 Å². The SMILES string of the molecule is Cc1ocnc1Cn1cc(CCCl)nn1. The average Bonchev–Trinajstić information content (AvgIpc) is 2.79. The molecule has 0 amide bonds. The highest BCUT2D eigenvalue weighted by Gasteiger charge is 2.06. The van der Waals surface area contributed by atoms with Gasteiger partial charge in [0.2, 0.25) is 0 Å². The molecule has 80 valence electrons. The van der Waals surface area contributed by atoms with E-state index in [2.05, 4.69) is 15.3 Å².